The van der Waals surface area contributed by atoms with Gasteiger partial charge in [0.25, 0.3) is 5.69 Å². The number of nitro benzene ring substituents is 1. The Morgan fingerprint density at radius 1 is 1.55 bits per heavy atom. The van der Waals surface area contributed by atoms with E-state index in [0.717, 1.165) is 31.4 Å². The van der Waals surface area contributed by atoms with E-state index in [-0.39, 0.29) is 17.4 Å². The first-order valence-corrected chi connectivity index (χ1v) is 6.43. The largest absolute Gasteiger partial charge is 0.478 e. The van der Waals surface area contributed by atoms with Gasteiger partial charge in [-0.1, -0.05) is 6.92 Å². The van der Waals surface area contributed by atoms with Gasteiger partial charge in [-0.25, -0.2) is 9.18 Å². The molecule has 20 heavy (non-hydrogen) atoms. The van der Waals surface area contributed by atoms with Gasteiger partial charge in [-0.3, -0.25) is 10.1 Å². The summed E-state index contributed by atoms with van der Waals surface area (Å²) in [5.74, 6) is -2.45. The number of hydrogen-bond donors (Lipinski definition) is 1. The van der Waals surface area contributed by atoms with Crippen molar-refractivity contribution >= 4 is 17.3 Å². The van der Waals surface area contributed by atoms with Gasteiger partial charge >= 0.3 is 5.97 Å². The van der Waals surface area contributed by atoms with Gasteiger partial charge in [-0.2, -0.15) is 0 Å². The van der Waals surface area contributed by atoms with Crippen molar-refractivity contribution in [3.8, 4) is 0 Å². The molecule has 2 rings (SSSR count). The van der Waals surface area contributed by atoms with Crippen LogP contribution in [0.5, 0.6) is 0 Å². The van der Waals surface area contributed by atoms with Crippen molar-refractivity contribution in [2.75, 3.05) is 11.4 Å². The summed E-state index contributed by atoms with van der Waals surface area (Å²) in [6, 6.07) is 1.96. The predicted octanol–water partition coefficient (Wildman–Crippen LogP) is 2.81. The first kappa shape index (κ1) is 14.2. The van der Waals surface area contributed by atoms with Gasteiger partial charge in [0.2, 0.25) is 0 Å². The van der Waals surface area contributed by atoms with Crippen molar-refractivity contribution in [2.45, 2.75) is 32.2 Å². The topological polar surface area (TPSA) is 83.7 Å². The second kappa shape index (κ2) is 5.44. The van der Waals surface area contributed by atoms with E-state index in [1.165, 1.54) is 0 Å². The average Bonchev–Trinajstić information content (AvgIpc) is 3.19. The monoisotopic (exact) mass is 282 g/mol. The molecule has 0 radical (unpaired) electrons. The van der Waals surface area contributed by atoms with E-state index in [1.807, 2.05) is 6.92 Å². The molecule has 0 atom stereocenters. The van der Waals surface area contributed by atoms with Crippen LogP contribution in [-0.4, -0.2) is 28.6 Å². The molecule has 1 aromatic rings. The van der Waals surface area contributed by atoms with E-state index in [2.05, 4.69) is 0 Å². The second-order valence-electron chi connectivity index (χ2n) is 4.81. The molecule has 6 nitrogen and oxygen atoms in total. The van der Waals surface area contributed by atoms with Gasteiger partial charge in [-0.05, 0) is 19.3 Å². The van der Waals surface area contributed by atoms with E-state index in [0.29, 0.717) is 6.54 Å². The van der Waals surface area contributed by atoms with Gasteiger partial charge in [0.15, 0.2) is 0 Å². The molecular formula is C13H15FN2O4. The number of nitro groups is 1. The van der Waals surface area contributed by atoms with Crippen LogP contribution < -0.4 is 4.90 Å². The smallest absolute Gasteiger partial charge is 0.338 e. The lowest BCUT2D eigenvalue weighted by Crippen LogP contribution is -2.27. The molecule has 1 aliphatic rings. The number of nitrogens with zero attached hydrogens (tertiary/aromatic N) is 2. The summed E-state index contributed by atoms with van der Waals surface area (Å²) < 4.78 is 13.8. The summed E-state index contributed by atoms with van der Waals surface area (Å²) >= 11 is 0. The lowest BCUT2D eigenvalue weighted by atomic mass is 10.1. The van der Waals surface area contributed by atoms with E-state index in [1.54, 1.807) is 4.90 Å². The fourth-order valence-corrected chi connectivity index (χ4v) is 2.22. The van der Waals surface area contributed by atoms with E-state index < -0.39 is 22.3 Å². The van der Waals surface area contributed by atoms with Gasteiger partial charge in [0.05, 0.1) is 4.92 Å². The van der Waals surface area contributed by atoms with Crippen LogP contribution in [0.25, 0.3) is 0 Å². The number of carboxylic acids is 1. The Labute approximate surface area is 115 Å². The molecule has 0 aromatic heterocycles. The minimum absolute atomic E-state index is 0.168. The lowest BCUT2D eigenvalue weighted by molar-refractivity contribution is -0.384. The van der Waals surface area contributed by atoms with Crippen LogP contribution in [0.4, 0.5) is 15.8 Å². The third kappa shape index (κ3) is 2.71. The molecule has 108 valence electrons. The minimum Gasteiger partial charge on any atom is -0.478 e. The van der Waals surface area contributed by atoms with Crippen molar-refractivity contribution in [3.05, 3.63) is 33.6 Å². The van der Waals surface area contributed by atoms with Crippen molar-refractivity contribution in [3.63, 3.8) is 0 Å². The van der Waals surface area contributed by atoms with Crippen LogP contribution in [0.3, 0.4) is 0 Å². The molecule has 0 bridgehead atoms. The first-order valence-electron chi connectivity index (χ1n) is 6.43. The molecule has 0 heterocycles. The maximum absolute atomic E-state index is 13.8. The minimum atomic E-state index is -1.51. The number of aromatic carboxylic acids is 1. The Balaban J connectivity index is 2.52. The van der Waals surface area contributed by atoms with Gasteiger partial charge in [0, 0.05) is 24.7 Å². The summed E-state index contributed by atoms with van der Waals surface area (Å²) in [6.45, 7) is 2.51. The van der Waals surface area contributed by atoms with Crippen molar-refractivity contribution in [1.82, 2.24) is 0 Å². The zero-order valence-electron chi connectivity index (χ0n) is 11.0. The first-order chi connectivity index (χ1) is 9.45. The van der Waals surface area contributed by atoms with E-state index in [9.17, 15) is 19.3 Å². The van der Waals surface area contributed by atoms with Crippen molar-refractivity contribution < 1.29 is 19.2 Å². The normalized spacial score (nSPS) is 14.1. The molecular weight excluding hydrogens is 267 g/mol. The van der Waals surface area contributed by atoms with Crippen LogP contribution >= 0.6 is 0 Å². The molecule has 0 saturated heterocycles. The molecule has 7 heteroatoms. The van der Waals surface area contributed by atoms with Crippen LogP contribution in [0.15, 0.2) is 12.1 Å². The molecule has 1 aromatic carbocycles. The molecule has 1 fully saturated rings. The van der Waals surface area contributed by atoms with Crippen molar-refractivity contribution in [1.29, 1.82) is 0 Å². The molecule has 1 saturated carbocycles. The quantitative estimate of drug-likeness (QED) is 0.640. The van der Waals surface area contributed by atoms with Crippen LogP contribution in [0.1, 0.15) is 36.5 Å². The zero-order chi connectivity index (χ0) is 14.9. The Bertz CT molecular complexity index is 558. The molecule has 0 amide bonds. The van der Waals surface area contributed by atoms with Gasteiger partial charge in [0.1, 0.15) is 17.1 Å². The summed E-state index contributed by atoms with van der Waals surface area (Å²) in [4.78, 5) is 23.1. The number of rotatable bonds is 6. The highest BCUT2D eigenvalue weighted by atomic mass is 19.1. The number of carbonyl (C=O) groups is 1. The SMILES string of the molecule is CCCN(c1cc(F)c(C(=O)O)cc1[N+](=O)[O-])C1CC1. The van der Waals surface area contributed by atoms with Gasteiger partial charge in [-0.15, -0.1) is 0 Å². The zero-order valence-corrected chi connectivity index (χ0v) is 11.0. The Morgan fingerprint density at radius 2 is 2.20 bits per heavy atom. The standard InChI is InChI=1S/C13H15FN2O4/c1-2-5-15(8-3-4-8)11-7-10(14)9(13(17)18)6-12(11)16(19)20/h6-8H,2-5H2,1H3,(H,17,18). The Kier molecular flexibility index (Phi) is 3.87. The Morgan fingerprint density at radius 3 is 2.65 bits per heavy atom. The molecule has 1 N–H and O–H groups in total. The summed E-state index contributed by atoms with van der Waals surface area (Å²) in [6.07, 6.45) is 2.61. The molecule has 0 unspecified atom stereocenters. The van der Waals surface area contributed by atoms with Crippen LogP contribution in [0.2, 0.25) is 0 Å². The van der Waals surface area contributed by atoms with E-state index in [4.69, 9.17) is 5.11 Å². The van der Waals surface area contributed by atoms with Gasteiger partial charge < -0.3 is 10.0 Å². The lowest BCUT2D eigenvalue weighted by Gasteiger charge is -2.24. The van der Waals surface area contributed by atoms with Crippen LogP contribution in [-0.2, 0) is 0 Å². The maximum Gasteiger partial charge on any atom is 0.338 e. The van der Waals surface area contributed by atoms with Crippen molar-refractivity contribution in [2.24, 2.45) is 0 Å². The fourth-order valence-electron chi connectivity index (χ4n) is 2.22. The predicted molar refractivity (Wildman–Crippen MR) is 70.7 cm³/mol. The molecule has 1 aliphatic carbocycles. The summed E-state index contributed by atoms with van der Waals surface area (Å²) in [5.41, 5.74) is -0.862. The maximum atomic E-state index is 13.8. The van der Waals surface area contributed by atoms with E-state index >= 15 is 0 Å². The number of carboxylic acid groups (broad SMARTS) is 1. The highest BCUT2D eigenvalue weighted by Crippen LogP contribution is 2.38. The molecule has 0 spiro atoms. The number of anilines is 1. The third-order valence-corrected chi connectivity index (χ3v) is 3.25. The summed E-state index contributed by atoms with van der Waals surface area (Å²) in [7, 11) is 0. The highest BCUT2D eigenvalue weighted by molar-refractivity contribution is 5.90. The number of halogens is 1. The summed E-state index contributed by atoms with van der Waals surface area (Å²) in [5, 5.41) is 20.0. The Hall–Kier alpha value is -2.18. The molecule has 0 aliphatic heterocycles. The highest BCUT2D eigenvalue weighted by Gasteiger charge is 2.34. The second-order valence-corrected chi connectivity index (χ2v) is 4.81. The number of hydrogen-bond acceptors (Lipinski definition) is 4. The number of benzene rings is 1. The third-order valence-electron chi connectivity index (χ3n) is 3.25. The average molecular weight is 282 g/mol. The van der Waals surface area contributed by atoms with Crippen LogP contribution in [0, 0.1) is 15.9 Å². The fraction of sp³-hybridized carbons (Fsp3) is 0.462.